The third-order valence-corrected chi connectivity index (χ3v) is 6.09. The summed E-state index contributed by atoms with van der Waals surface area (Å²) in [4.78, 5) is 17.7. The molecule has 0 aliphatic carbocycles. The van der Waals surface area contributed by atoms with Gasteiger partial charge in [-0.15, -0.1) is 12.3 Å². The largest absolute Gasteiger partial charge is 0.340 e. The van der Waals surface area contributed by atoms with Crippen LogP contribution in [0.2, 0.25) is 0 Å². The SMILES string of the molecule is C#CCCC1(CCC(=O)N2CCN(S(=O)(=O)c3ncn[nH]3)CC2)N=N1. The highest BCUT2D eigenvalue weighted by molar-refractivity contribution is 7.88. The van der Waals surface area contributed by atoms with Crippen LogP contribution in [0, 0.1) is 12.3 Å². The summed E-state index contributed by atoms with van der Waals surface area (Å²) in [7, 11) is -3.69. The second-order valence-corrected chi connectivity index (χ2v) is 7.82. The second-order valence-electron chi connectivity index (χ2n) is 5.96. The van der Waals surface area contributed by atoms with Crippen LogP contribution in [0.15, 0.2) is 21.7 Å². The second kappa shape index (κ2) is 6.89. The Labute approximate surface area is 145 Å². The van der Waals surface area contributed by atoms with Crippen LogP contribution in [0.5, 0.6) is 0 Å². The molecule has 0 saturated carbocycles. The van der Waals surface area contributed by atoms with E-state index in [1.54, 1.807) is 4.90 Å². The Bertz CT molecular complexity index is 783. The van der Waals surface area contributed by atoms with Gasteiger partial charge in [0.15, 0.2) is 5.66 Å². The Kier molecular flexibility index (Phi) is 4.82. The molecule has 3 rings (SSSR count). The van der Waals surface area contributed by atoms with Gasteiger partial charge in [0.25, 0.3) is 15.2 Å². The topological polar surface area (TPSA) is 124 Å². The van der Waals surface area contributed by atoms with Crippen molar-refractivity contribution < 1.29 is 13.2 Å². The fourth-order valence-corrected chi connectivity index (χ4v) is 3.99. The molecule has 0 atom stereocenters. The van der Waals surface area contributed by atoms with Crippen molar-refractivity contribution in [2.24, 2.45) is 10.2 Å². The third kappa shape index (κ3) is 3.85. The van der Waals surface area contributed by atoms with Crippen molar-refractivity contribution >= 4 is 15.9 Å². The molecule has 2 aliphatic rings. The predicted molar refractivity (Wildman–Crippen MR) is 86.6 cm³/mol. The number of carbonyl (C=O) groups excluding carboxylic acids is 1. The number of carbonyl (C=O) groups is 1. The highest BCUT2D eigenvalue weighted by Crippen LogP contribution is 2.37. The quantitative estimate of drug-likeness (QED) is 0.681. The number of aromatic nitrogens is 3. The maximum absolute atomic E-state index is 12.3. The van der Waals surface area contributed by atoms with Crippen LogP contribution in [0.25, 0.3) is 0 Å². The van der Waals surface area contributed by atoms with Gasteiger partial charge >= 0.3 is 0 Å². The summed E-state index contributed by atoms with van der Waals surface area (Å²) in [6, 6.07) is 0. The average Bonchev–Trinajstić information content (AvgIpc) is 3.16. The molecule has 1 N–H and O–H groups in total. The van der Waals surface area contributed by atoms with Gasteiger partial charge in [0.2, 0.25) is 5.91 Å². The fraction of sp³-hybridized carbons (Fsp3) is 0.643. The summed E-state index contributed by atoms with van der Waals surface area (Å²) in [5, 5.41) is 13.8. The van der Waals surface area contributed by atoms with E-state index in [9.17, 15) is 13.2 Å². The number of piperazine rings is 1. The minimum atomic E-state index is -3.69. The number of aromatic amines is 1. The van der Waals surface area contributed by atoms with Gasteiger partial charge in [-0.1, -0.05) is 0 Å². The van der Waals surface area contributed by atoms with Crippen LogP contribution < -0.4 is 0 Å². The molecule has 10 nitrogen and oxygen atoms in total. The van der Waals surface area contributed by atoms with Gasteiger partial charge in [-0.2, -0.15) is 19.6 Å². The first-order chi connectivity index (χ1) is 12.0. The van der Waals surface area contributed by atoms with E-state index in [0.29, 0.717) is 38.8 Å². The molecular weight excluding hydrogens is 346 g/mol. The van der Waals surface area contributed by atoms with Crippen molar-refractivity contribution in [2.45, 2.75) is 36.5 Å². The van der Waals surface area contributed by atoms with Gasteiger partial charge in [0.05, 0.1) is 0 Å². The van der Waals surface area contributed by atoms with E-state index in [1.807, 2.05) is 0 Å². The van der Waals surface area contributed by atoms with Crippen molar-refractivity contribution in [2.75, 3.05) is 26.2 Å². The van der Waals surface area contributed by atoms with Gasteiger partial charge in [-0.3, -0.25) is 4.79 Å². The molecule has 11 heteroatoms. The fourth-order valence-electron chi connectivity index (χ4n) is 2.75. The zero-order valence-corrected chi connectivity index (χ0v) is 14.4. The maximum Gasteiger partial charge on any atom is 0.278 e. The number of amides is 1. The summed E-state index contributed by atoms with van der Waals surface area (Å²) in [5.41, 5.74) is -0.473. The van der Waals surface area contributed by atoms with Crippen LogP contribution in [0.4, 0.5) is 0 Å². The molecule has 0 spiro atoms. The van der Waals surface area contributed by atoms with Gasteiger partial charge in [-0.05, 0) is 0 Å². The number of rotatable bonds is 7. The normalized spacial score (nSPS) is 19.6. The van der Waals surface area contributed by atoms with Crippen molar-refractivity contribution in [3.05, 3.63) is 6.33 Å². The molecule has 0 aromatic carbocycles. The molecule has 1 fully saturated rings. The minimum absolute atomic E-state index is 0.0194. The average molecular weight is 365 g/mol. The lowest BCUT2D eigenvalue weighted by Crippen LogP contribution is -2.50. The van der Waals surface area contributed by atoms with Gasteiger partial charge in [0, 0.05) is 51.9 Å². The Morgan fingerprint density at radius 3 is 2.56 bits per heavy atom. The molecule has 1 aromatic heterocycles. The van der Waals surface area contributed by atoms with E-state index in [-0.39, 0.29) is 24.2 Å². The van der Waals surface area contributed by atoms with Gasteiger partial charge in [-0.25, -0.2) is 18.5 Å². The number of hydrogen-bond donors (Lipinski definition) is 1. The lowest BCUT2D eigenvalue weighted by molar-refractivity contribution is -0.132. The number of H-pyrrole nitrogens is 1. The summed E-state index contributed by atoms with van der Waals surface area (Å²) in [6.07, 6.45) is 8.52. The molecule has 1 amide bonds. The van der Waals surface area contributed by atoms with E-state index in [2.05, 4.69) is 31.3 Å². The Morgan fingerprint density at radius 2 is 2.00 bits per heavy atom. The smallest absolute Gasteiger partial charge is 0.278 e. The summed E-state index contributed by atoms with van der Waals surface area (Å²) < 4.78 is 26.0. The van der Waals surface area contributed by atoms with Crippen LogP contribution in [0.3, 0.4) is 0 Å². The zero-order chi connectivity index (χ0) is 17.9. The van der Waals surface area contributed by atoms with E-state index >= 15 is 0 Å². The van der Waals surface area contributed by atoms with Crippen molar-refractivity contribution in [3.8, 4) is 12.3 Å². The predicted octanol–water partition coefficient (Wildman–Crippen LogP) is -0.00670. The first-order valence-corrected chi connectivity index (χ1v) is 9.42. The van der Waals surface area contributed by atoms with Gasteiger partial charge in [0.1, 0.15) is 6.33 Å². The molecule has 25 heavy (non-hydrogen) atoms. The Morgan fingerprint density at radius 1 is 1.28 bits per heavy atom. The summed E-state index contributed by atoms with van der Waals surface area (Å²) >= 11 is 0. The first-order valence-electron chi connectivity index (χ1n) is 7.98. The van der Waals surface area contributed by atoms with E-state index in [0.717, 1.165) is 6.33 Å². The molecule has 1 aromatic rings. The van der Waals surface area contributed by atoms with E-state index in [1.165, 1.54) is 4.31 Å². The van der Waals surface area contributed by atoms with Crippen LogP contribution in [0.1, 0.15) is 25.7 Å². The monoisotopic (exact) mass is 365 g/mol. The Balaban J connectivity index is 1.48. The molecule has 0 bridgehead atoms. The number of sulfonamides is 1. The summed E-state index contributed by atoms with van der Waals surface area (Å²) in [6.45, 7) is 1.15. The Hall–Kier alpha value is -2.32. The molecule has 0 radical (unpaired) electrons. The minimum Gasteiger partial charge on any atom is -0.340 e. The van der Waals surface area contributed by atoms with Crippen LogP contribution in [-0.4, -0.2) is 70.6 Å². The highest BCUT2D eigenvalue weighted by atomic mass is 32.2. The molecular formula is C14H19N7O3S. The molecule has 3 heterocycles. The number of terminal acetylenes is 1. The van der Waals surface area contributed by atoms with Crippen LogP contribution >= 0.6 is 0 Å². The number of hydrogen-bond acceptors (Lipinski definition) is 7. The lowest BCUT2D eigenvalue weighted by Gasteiger charge is -2.33. The van der Waals surface area contributed by atoms with Gasteiger partial charge < -0.3 is 4.90 Å². The third-order valence-electron chi connectivity index (χ3n) is 4.36. The van der Waals surface area contributed by atoms with Crippen molar-refractivity contribution in [1.82, 2.24) is 24.4 Å². The van der Waals surface area contributed by atoms with Crippen LogP contribution in [-0.2, 0) is 14.8 Å². The molecule has 1 saturated heterocycles. The first kappa shape index (κ1) is 17.5. The number of nitrogens with zero attached hydrogens (tertiary/aromatic N) is 6. The molecule has 0 unspecified atom stereocenters. The van der Waals surface area contributed by atoms with E-state index in [4.69, 9.17) is 6.42 Å². The highest BCUT2D eigenvalue weighted by Gasteiger charge is 2.40. The molecule has 2 aliphatic heterocycles. The van der Waals surface area contributed by atoms with E-state index < -0.39 is 15.7 Å². The van der Waals surface area contributed by atoms with Crippen molar-refractivity contribution in [1.29, 1.82) is 0 Å². The molecule has 134 valence electrons. The summed E-state index contributed by atoms with van der Waals surface area (Å²) in [5.74, 6) is 2.54. The lowest BCUT2D eigenvalue weighted by atomic mass is 10.0. The standard InChI is InChI=1S/C14H19N7O3S/c1-2-3-5-14(18-19-14)6-4-12(22)20-7-9-21(10-8-20)25(23,24)13-15-11-16-17-13/h1,11H,3-10H2,(H,15,16,17). The number of nitrogens with one attached hydrogen (secondary N) is 1. The zero-order valence-electron chi connectivity index (χ0n) is 13.6. The van der Waals surface area contributed by atoms with Crippen molar-refractivity contribution in [3.63, 3.8) is 0 Å². The maximum atomic E-state index is 12.3.